The molecule has 0 atom stereocenters. The maximum absolute atomic E-state index is 11.8. The fourth-order valence-electron chi connectivity index (χ4n) is 1.72. The van der Waals surface area contributed by atoms with Gasteiger partial charge in [0.15, 0.2) is 0 Å². The minimum absolute atomic E-state index is 0.166. The van der Waals surface area contributed by atoms with Crippen molar-refractivity contribution in [2.45, 2.75) is 26.7 Å². The molecule has 0 aliphatic rings. The van der Waals surface area contributed by atoms with Crippen LogP contribution in [0.25, 0.3) is 0 Å². The molecule has 20 heavy (non-hydrogen) atoms. The van der Waals surface area contributed by atoms with E-state index in [-0.39, 0.29) is 18.2 Å². The largest absolute Gasteiger partial charge is 0.385 e. The van der Waals surface area contributed by atoms with Crippen LogP contribution in [0.2, 0.25) is 0 Å². The van der Waals surface area contributed by atoms with E-state index in [2.05, 4.69) is 10.6 Å². The number of anilines is 1. The third kappa shape index (κ3) is 5.84. The molecule has 1 aromatic carbocycles. The summed E-state index contributed by atoms with van der Waals surface area (Å²) in [6, 6.07) is 5.81. The number of amides is 2. The molecule has 1 rings (SSSR count). The fourth-order valence-corrected chi connectivity index (χ4v) is 1.72. The summed E-state index contributed by atoms with van der Waals surface area (Å²) < 4.78 is 4.88. The number of benzene rings is 1. The van der Waals surface area contributed by atoms with Gasteiger partial charge in [0.2, 0.25) is 11.8 Å². The van der Waals surface area contributed by atoms with Crippen LogP contribution in [0.3, 0.4) is 0 Å². The van der Waals surface area contributed by atoms with E-state index in [4.69, 9.17) is 4.74 Å². The maximum Gasteiger partial charge on any atom is 0.233 e. The van der Waals surface area contributed by atoms with Gasteiger partial charge >= 0.3 is 0 Å². The van der Waals surface area contributed by atoms with Crippen LogP contribution in [0.15, 0.2) is 18.2 Å². The van der Waals surface area contributed by atoms with Gasteiger partial charge in [-0.3, -0.25) is 9.59 Å². The molecule has 0 aromatic heterocycles. The molecule has 110 valence electrons. The first-order valence-corrected chi connectivity index (χ1v) is 6.65. The Morgan fingerprint density at radius 3 is 2.65 bits per heavy atom. The van der Waals surface area contributed by atoms with Crippen molar-refractivity contribution >= 4 is 17.5 Å². The number of nitrogens with one attached hydrogen (secondary N) is 2. The lowest BCUT2D eigenvalue weighted by atomic mass is 10.1. The summed E-state index contributed by atoms with van der Waals surface area (Å²) in [5, 5.41) is 5.44. The quantitative estimate of drug-likeness (QED) is 0.590. The van der Waals surface area contributed by atoms with E-state index < -0.39 is 0 Å². The summed E-state index contributed by atoms with van der Waals surface area (Å²) in [4.78, 5) is 23.3. The average molecular weight is 278 g/mol. The molecule has 0 fully saturated rings. The Labute approximate surface area is 119 Å². The summed E-state index contributed by atoms with van der Waals surface area (Å²) in [6.45, 7) is 4.98. The van der Waals surface area contributed by atoms with Crippen molar-refractivity contribution in [1.29, 1.82) is 0 Å². The van der Waals surface area contributed by atoms with Crippen molar-refractivity contribution in [3.8, 4) is 0 Å². The molecule has 0 spiro atoms. The van der Waals surface area contributed by atoms with Crippen LogP contribution in [0.4, 0.5) is 5.69 Å². The number of aryl methyl sites for hydroxylation is 2. The van der Waals surface area contributed by atoms with Gasteiger partial charge in [0.1, 0.15) is 6.42 Å². The topological polar surface area (TPSA) is 67.4 Å². The van der Waals surface area contributed by atoms with Crippen molar-refractivity contribution in [1.82, 2.24) is 5.32 Å². The number of carbonyl (C=O) groups excluding carboxylic acids is 2. The predicted molar refractivity (Wildman–Crippen MR) is 78.7 cm³/mol. The van der Waals surface area contributed by atoms with E-state index >= 15 is 0 Å². The fraction of sp³-hybridized carbons (Fsp3) is 0.467. The van der Waals surface area contributed by atoms with Crippen LogP contribution in [-0.4, -0.2) is 32.1 Å². The van der Waals surface area contributed by atoms with Crippen LogP contribution in [0.1, 0.15) is 24.0 Å². The molecule has 0 saturated carbocycles. The van der Waals surface area contributed by atoms with Gasteiger partial charge in [-0.1, -0.05) is 12.1 Å². The van der Waals surface area contributed by atoms with Crippen molar-refractivity contribution in [2.24, 2.45) is 0 Å². The minimum atomic E-state index is -0.303. The Hall–Kier alpha value is -1.88. The average Bonchev–Trinajstić information content (AvgIpc) is 2.39. The van der Waals surface area contributed by atoms with Gasteiger partial charge in [0.25, 0.3) is 0 Å². The highest BCUT2D eigenvalue weighted by molar-refractivity contribution is 6.03. The highest BCUT2D eigenvalue weighted by Gasteiger charge is 2.10. The molecule has 0 heterocycles. The number of hydrogen-bond acceptors (Lipinski definition) is 3. The summed E-state index contributed by atoms with van der Waals surface area (Å²) in [5.41, 5.74) is 2.79. The van der Waals surface area contributed by atoms with Crippen molar-refractivity contribution < 1.29 is 14.3 Å². The van der Waals surface area contributed by atoms with E-state index in [0.29, 0.717) is 13.2 Å². The van der Waals surface area contributed by atoms with E-state index in [1.165, 1.54) is 0 Å². The zero-order chi connectivity index (χ0) is 15.0. The van der Waals surface area contributed by atoms with Crippen LogP contribution in [0.5, 0.6) is 0 Å². The zero-order valence-electron chi connectivity index (χ0n) is 12.3. The van der Waals surface area contributed by atoms with Crippen LogP contribution in [-0.2, 0) is 14.3 Å². The second-order valence-corrected chi connectivity index (χ2v) is 4.74. The van der Waals surface area contributed by atoms with Crippen molar-refractivity contribution in [2.75, 3.05) is 25.6 Å². The van der Waals surface area contributed by atoms with Crippen LogP contribution in [0, 0.1) is 13.8 Å². The Bertz CT molecular complexity index is 472. The summed E-state index contributed by atoms with van der Waals surface area (Å²) in [7, 11) is 1.61. The van der Waals surface area contributed by atoms with Crippen molar-refractivity contribution in [3.63, 3.8) is 0 Å². The number of methoxy groups -OCH3 is 1. The van der Waals surface area contributed by atoms with Crippen LogP contribution >= 0.6 is 0 Å². The normalized spacial score (nSPS) is 10.2. The summed E-state index contributed by atoms with van der Waals surface area (Å²) >= 11 is 0. The first-order chi connectivity index (χ1) is 9.52. The molecule has 1 aromatic rings. The molecule has 0 aliphatic heterocycles. The molecule has 0 aliphatic carbocycles. The zero-order valence-corrected chi connectivity index (χ0v) is 12.3. The molecule has 5 nitrogen and oxygen atoms in total. The second kappa shape index (κ2) is 8.32. The van der Waals surface area contributed by atoms with Gasteiger partial charge in [-0.2, -0.15) is 0 Å². The smallest absolute Gasteiger partial charge is 0.233 e. The molecule has 0 bridgehead atoms. The van der Waals surface area contributed by atoms with Gasteiger partial charge < -0.3 is 15.4 Å². The Morgan fingerprint density at radius 1 is 1.20 bits per heavy atom. The molecule has 0 saturated heterocycles. The SMILES string of the molecule is COCCCNC(=O)CC(=O)Nc1cc(C)ccc1C. The standard InChI is InChI=1S/C15H22N2O3/c1-11-5-6-12(2)13(9-11)17-15(19)10-14(18)16-7-4-8-20-3/h5-6,9H,4,7-8,10H2,1-3H3,(H,16,18)(H,17,19). The molecular weight excluding hydrogens is 256 g/mol. The molecule has 5 heteroatoms. The lowest BCUT2D eigenvalue weighted by Crippen LogP contribution is -2.29. The van der Waals surface area contributed by atoms with Crippen molar-refractivity contribution in [3.05, 3.63) is 29.3 Å². The number of ether oxygens (including phenoxy) is 1. The minimum Gasteiger partial charge on any atom is -0.385 e. The lowest BCUT2D eigenvalue weighted by Gasteiger charge is -2.09. The van der Waals surface area contributed by atoms with Gasteiger partial charge in [0, 0.05) is 25.9 Å². The van der Waals surface area contributed by atoms with Crippen LogP contribution < -0.4 is 10.6 Å². The first-order valence-electron chi connectivity index (χ1n) is 6.65. The van der Waals surface area contributed by atoms with Gasteiger partial charge in [-0.05, 0) is 37.5 Å². The highest BCUT2D eigenvalue weighted by atomic mass is 16.5. The van der Waals surface area contributed by atoms with E-state index in [1.54, 1.807) is 7.11 Å². The van der Waals surface area contributed by atoms with E-state index in [9.17, 15) is 9.59 Å². The maximum atomic E-state index is 11.8. The van der Waals surface area contributed by atoms with Gasteiger partial charge in [-0.15, -0.1) is 0 Å². The number of carbonyl (C=O) groups is 2. The number of rotatable bonds is 7. The molecule has 2 amide bonds. The summed E-state index contributed by atoms with van der Waals surface area (Å²) in [6.07, 6.45) is 0.571. The summed E-state index contributed by atoms with van der Waals surface area (Å²) in [5.74, 6) is -0.577. The first kappa shape index (κ1) is 16.2. The highest BCUT2D eigenvalue weighted by Crippen LogP contribution is 2.16. The molecular formula is C15H22N2O3. The Kier molecular flexibility index (Phi) is 6.73. The third-order valence-electron chi connectivity index (χ3n) is 2.84. The number of hydrogen-bond donors (Lipinski definition) is 2. The van der Waals surface area contributed by atoms with Gasteiger partial charge in [0.05, 0.1) is 0 Å². The van der Waals surface area contributed by atoms with Gasteiger partial charge in [-0.25, -0.2) is 0 Å². The second-order valence-electron chi connectivity index (χ2n) is 4.74. The van der Waals surface area contributed by atoms with E-state index in [1.807, 2.05) is 32.0 Å². The predicted octanol–water partition coefficient (Wildman–Crippen LogP) is 1.78. The molecule has 2 N–H and O–H groups in total. The molecule has 0 radical (unpaired) electrons. The molecule has 0 unspecified atom stereocenters. The van der Waals surface area contributed by atoms with E-state index in [0.717, 1.165) is 23.2 Å². The Morgan fingerprint density at radius 2 is 1.95 bits per heavy atom. The Balaban J connectivity index is 2.39. The third-order valence-corrected chi connectivity index (χ3v) is 2.84. The lowest BCUT2D eigenvalue weighted by molar-refractivity contribution is -0.126. The monoisotopic (exact) mass is 278 g/mol.